The Morgan fingerprint density at radius 1 is 1.00 bits per heavy atom. The second-order valence-electron chi connectivity index (χ2n) is 5.81. The molecule has 3 N–H and O–H groups in total. The Balaban J connectivity index is 1.75. The van der Waals surface area contributed by atoms with E-state index < -0.39 is 0 Å². The van der Waals surface area contributed by atoms with Gasteiger partial charge in [0.15, 0.2) is 0 Å². The number of aryl methyl sites for hydroxylation is 1. The molecule has 0 aliphatic carbocycles. The summed E-state index contributed by atoms with van der Waals surface area (Å²) >= 11 is 1.71. The number of para-hydroxylation sites is 2. The first-order chi connectivity index (χ1) is 12.6. The average molecular weight is 362 g/mol. The van der Waals surface area contributed by atoms with E-state index in [0.29, 0.717) is 17.6 Å². The number of hydrogen-bond donors (Lipinski definition) is 2. The monoisotopic (exact) mass is 362 g/mol. The smallest absolute Gasteiger partial charge is 0.239 e. The van der Waals surface area contributed by atoms with Crippen molar-refractivity contribution in [2.24, 2.45) is 0 Å². The highest BCUT2D eigenvalue weighted by molar-refractivity contribution is 7.98. The molecule has 2 aromatic carbocycles. The zero-order valence-electron chi connectivity index (χ0n) is 14.5. The molecule has 7 heteroatoms. The van der Waals surface area contributed by atoms with Crippen LogP contribution in [0.25, 0.3) is 17.0 Å². The molecule has 26 heavy (non-hydrogen) atoms. The highest BCUT2D eigenvalue weighted by Crippen LogP contribution is 2.23. The van der Waals surface area contributed by atoms with Crippen molar-refractivity contribution in [3.8, 4) is 5.95 Å². The summed E-state index contributed by atoms with van der Waals surface area (Å²) in [4.78, 5) is 14.8. The molecule has 2 aromatic heterocycles. The minimum Gasteiger partial charge on any atom is -0.383 e. The van der Waals surface area contributed by atoms with Crippen molar-refractivity contribution < 1.29 is 0 Å². The van der Waals surface area contributed by atoms with Crippen molar-refractivity contribution in [3.63, 3.8) is 0 Å². The first-order valence-electron chi connectivity index (χ1n) is 8.14. The third-order valence-corrected chi connectivity index (χ3v) is 4.77. The van der Waals surface area contributed by atoms with Gasteiger partial charge in [0.25, 0.3) is 0 Å². The van der Waals surface area contributed by atoms with Crippen LogP contribution in [0.2, 0.25) is 0 Å². The lowest BCUT2D eigenvalue weighted by Gasteiger charge is -2.10. The average Bonchev–Trinajstić information content (AvgIpc) is 2.97. The number of nitrogens with one attached hydrogen (secondary N) is 1. The van der Waals surface area contributed by atoms with Gasteiger partial charge in [-0.1, -0.05) is 12.1 Å². The Morgan fingerprint density at radius 3 is 2.54 bits per heavy atom. The van der Waals surface area contributed by atoms with Crippen LogP contribution in [-0.2, 0) is 0 Å². The molecule has 4 aromatic rings. The molecule has 0 atom stereocenters. The maximum atomic E-state index is 6.03. The fourth-order valence-corrected chi connectivity index (χ4v) is 3.25. The van der Waals surface area contributed by atoms with Crippen LogP contribution >= 0.6 is 11.8 Å². The Labute approximate surface area is 155 Å². The van der Waals surface area contributed by atoms with Crippen molar-refractivity contribution in [1.82, 2.24) is 19.5 Å². The third-order valence-electron chi connectivity index (χ3n) is 4.03. The largest absolute Gasteiger partial charge is 0.383 e. The maximum absolute atomic E-state index is 6.03. The van der Waals surface area contributed by atoms with E-state index in [1.165, 1.54) is 4.90 Å². The normalized spacial score (nSPS) is 11.0. The number of fused-ring (bicyclic) bond motifs is 1. The van der Waals surface area contributed by atoms with Crippen LogP contribution in [0.3, 0.4) is 0 Å². The Morgan fingerprint density at radius 2 is 1.77 bits per heavy atom. The molecule has 0 bridgehead atoms. The van der Waals surface area contributed by atoms with Gasteiger partial charge < -0.3 is 11.1 Å². The fourth-order valence-electron chi connectivity index (χ4n) is 2.84. The van der Waals surface area contributed by atoms with Gasteiger partial charge in [0.2, 0.25) is 5.95 Å². The summed E-state index contributed by atoms with van der Waals surface area (Å²) in [5, 5.41) is 3.29. The molecule has 0 saturated heterocycles. The van der Waals surface area contributed by atoms with Gasteiger partial charge in [-0.05, 0) is 49.6 Å². The number of nitrogen functional groups attached to an aromatic ring is 1. The molecule has 2 heterocycles. The van der Waals surface area contributed by atoms with Crippen molar-refractivity contribution in [2.75, 3.05) is 17.3 Å². The summed E-state index contributed by atoms with van der Waals surface area (Å²) in [6, 6.07) is 17.8. The number of imidazole rings is 1. The Bertz CT molecular complexity index is 1070. The Kier molecular flexibility index (Phi) is 4.22. The lowest BCUT2D eigenvalue weighted by molar-refractivity contribution is 0.910. The molecular weight excluding hydrogens is 344 g/mol. The SMILES string of the molecule is CSc1ccc(Nc2cc(N)nc(-n3c(C)nc4ccccc43)n2)cc1. The number of thioether (sulfide) groups is 1. The zero-order valence-corrected chi connectivity index (χ0v) is 15.3. The number of rotatable bonds is 4. The summed E-state index contributed by atoms with van der Waals surface area (Å²) in [6.45, 7) is 1.93. The topological polar surface area (TPSA) is 81.6 Å². The number of anilines is 3. The predicted octanol–water partition coefficient (Wildman–Crippen LogP) is 4.17. The van der Waals surface area contributed by atoms with Gasteiger partial charge >= 0.3 is 0 Å². The molecule has 0 aliphatic heterocycles. The minimum absolute atomic E-state index is 0.399. The van der Waals surface area contributed by atoms with Crippen LogP contribution in [-0.4, -0.2) is 25.8 Å². The summed E-state index contributed by atoms with van der Waals surface area (Å²) in [7, 11) is 0. The van der Waals surface area contributed by atoms with E-state index in [2.05, 4.69) is 38.7 Å². The highest BCUT2D eigenvalue weighted by atomic mass is 32.2. The van der Waals surface area contributed by atoms with Gasteiger partial charge in [-0.15, -0.1) is 11.8 Å². The molecule has 130 valence electrons. The molecule has 0 fully saturated rings. The van der Waals surface area contributed by atoms with Crippen LogP contribution in [0.4, 0.5) is 17.3 Å². The van der Waals surface area contributed by atoms with Crippen LogP contribution < -0.4 is 11.1 Å². The van der Waals surface area contributed by atoms with E-state index in [9.17, 15) is 0 Å². The minimum atomic E-state index is 0.399. The second kappa shape index (κ2) is 6.68. The van der Waals surface area contributed by atoms with Gasteiger partial charge in [-0.3, -0.25) is 4.57 Å². The first kappa shape index (κ1) is 16.4. The van der Waals surface area contributed by atoms with Gasteiger partial charge in [0.1, 0.15) is 17.5 Å². The fraction of sp³-hybridized carbons (Fsp3) is 0.105. The number of nitrogens with zero attached hydrogens (tertiary/aromatic N) is 4. The summed E-state index contributed by atoms with van der Waals surface area (Å²) in [6.07, 6.45) is 2.05. The summed E-state index contributed by atoms with van der Waals surface area (Å²) < 4.78 is 1.91. The maximum Gasteiger partial charge on any atom is 0.239 e. The quantitative estimate of drug-likeness (QED) is 0.530. The van der Waals surface area contributed by atoms with Crippen molar-refractivity contribution in [1.29, 1.82) is 0 Å². The molecule has 0 radical (unpaired) electrons. The van der Waals surface area contributed by atoms with Crippen LogP contribution in [0.15, 0.2) is 59.5 Å². The van der Waals surface area contributed by atoms with E-state index in [1.807, 2.05) is 47.9 Å². The van der Waals surface area contributed by atoms with E-state index >= 15 is 0 Å². The molecule has 4 rings (SSSR count). The van der Waals surface area contributed by atoms with Crippen LogP contribution in [0, 0.1) is 6.92 Å². The number of nitrogens with two attached hydrogens (primary N) is 1. The standard InChI is InChI=1S/C19H18N6S/c1-12-21-15-5-3-4-6-16(15)25(12)19-23-17(20)11-18(24-19)22-13-7-9-14(26-2)10-8-13/h3-11H,1-2H3,(H3,20,22,23,24). The Hall–Kier alpha value is -3.06. The molecule has 0 aliphatic rings. The van der Waals surface area contributed by atoms with Crippen LogP contribution in [0.1, 0.15) is 5.82 Å². The molecular formula is C19H18N6S. The highest BCUT2D eigenvalue weighted by Gasteiger charge is 2.13. The molecule has 0 spiro atoms. The molecule has 0 saturated carbocycles. The van der Waals surface area contributed by atoms with Gasteiger partial charge in [-0.2, -0.15) is 9.97 Å². The van der Waals surface area contributed by atoms with Crippen molar-refractivity contribution in [3.05, 3.63) is 60.4 Å². The van der Waals surface area contributed by atoms with Gasteiger partial charge in [0.05, 0.1) is 11.0 Å². The van der Waals surface area contributed by atoms with E-state index in [-0.39, 0.29) is 0 Å². The zero-order chi connectivity index (χ0) is 18.1. The first-order valence-corrected chi connectivity index (χ1v) is 9.36. The predicted molar refractivity (Wildman–Crippen MR) is 107 cm³/mol. The molecule has 0 unspecified atom stereocenters. The number of benzene rings is 2. The van der Waals surface area contributed by atoms with Gasteiger partial charge in [-0.25, -0.2) is 4.98 Å². The molecule has 0 amide bonds. The summed E-state index contributed by atoms with van der Waals surface area (Å²) in [5.41, 5.74) is 8.83. The summed E-state index contributed by atoms with van der Waals surface area (Å²) in [5.74, 6) is 2.35. The third kappa shape index (κ3) is 3.09. The molecule has 6 nitrogen and oxygen atoms in total. The lowest BCUT2D eigenvalue weighted by atomic mass is 10.3. The van der Waals surface area contributed by atoms with Crippen LogP contribution in [0.5, 0.6) is 0 Å². The van der Waals surface area contributed by atoms with E-state index in [1.54, 1.807) is 17.8 Å². The van der Waals surface area contributed by atoms with Crippen molar-refractivity contribution >= 4 is 40.1 Å². The van der Waals surface area contributed by atoms with Crippen molar-refractivity contribution in [2.45, 2.75) is 11.8 Å². The van der Waals surface area contributed by atoms with E-state index in [4.69, 9.17) is 5.73 Å². The van der Waals surface area contributed by atoms with Gasteiger partial charge in [0, 0.05) is 16.6 Å². The number of hydrogen-bond acceptors (Lipinski definition) is 6. The lowest BCUT2D eigenvalue weighted by Crippen LogP contribution is -2.07. The second-order valence-corrected chi connectivity index (χ2v) is 6.69. The van der Waals surface area contributed by atoms with E-state index in [0.717, 1.165) is 22.5 Å². The number of aromatic nitrogens is 4.